The zero-order chi connectivity index (χ0) is 15.5. The number of ether oxygens (including phenoxy) is 1. The SMILES string of the molecule is N#Cc1cc(C(F)(F)F)ccc1NC(=O)C1CNCCO1. The third kappa shape index (κ3) is 3.71. The van der Waals surface area contributed by atoms with E-state index >= 15 is 0 Å². The van der Waals surface area contributed by atoms with Gasteiger partial charge in [-0.05, 0) is 18.2 Å². The number of hydrogen-bond acceptors (Lipinski definition) is 4. The van der Waals surface area contributed by atoms with Crippen molar-refractivity contribution in [3.63, 3.8) is 0 Å². The number of benzene rings is 1. The number of nitrogens with zero attached hydrogens (tertiary/aromatic N) is 1. The van der Waals surface area contributed by atoms with E-state index in [4.69, 9.17) is 10.00 Å². The van der Waals surface area contributed by atoms with Crippen LogP contribution in [-0.4, -0.2) is 31.7 Å². The molecule has 21 heavy (non-hydrogen) atoms. The molecule has 1 aromatic rings. The lowest BCUT2D eigenvalue weighted by Gasteiger charge is -2.23. The highest BCUT2D eigenvalue weighted by Crippen LogP contribution is 2.31. The van der Waals surface area contributed by atoms with Crippen LogP contribution in [0.4, 0.5) is 18.9 Å². The average molecular weight is 299 g/mol. The quantitative estimate of drug-likeness (QED) is 0.868. The largest absolute Gasteiger partial charge is 0.416 e. The van der Waals surface area contributed by atoms with Crippen LogP contribution in [-0.2, 0) is 15.7 Å². The maximum absolute atomic E-state index is 12.6. The van der Waals surface area contributed by atoms with Crippen molar-refractivity contribution in [3.8, 4) is 6.07 Å². The van der Waals surface area contributed by atoms with E-state index < -0.39 is 23.8 Å². The molecule has 1 aliphatic rings. The highest BCUT2D eigenvalue weighted by molar-refractivity contribution is 5.95. The predicted molar refractivity (Wildman–Crippen MR) is 67.4 cm³/mol. The molecule has 0 bridgehead atoms. The number of carbonyl (C=O) groups is 1. The molecule has 1 atom stereocenters. The predicted octanol–water partition coefficient (Wildman–Crippen LogP) is 1.50. The summed E-state index contributed by atoms with van der Waals surface area (Å²) in [6.45, 7) is 1.32. The van der Waals surface area contributed by atoms with Crippen LogP contribution in [0.2, 0.25) is 0 Å². The fourth-order valence-electron chi connectivity index (χ4n) is 1.87. The maximum Gasteiger partial charge on any atom is 0.416 e. The molecule has 1 fully saturated rings. The van der Waals surface area contributed by atoms with Gasteiger partial charge in [-0.2, -0.15) is 18.4 Å². The van der Waals surface area contributed by atoms with Gasteiger partial charge >= 0.3 is 6.18 Å². The number of anilines is 1. The van der Waals surface area contributed by atoms with Gasteiger partial charge in [-0.3, -0.25) is 4.79 Å². The Hall–Kier alpha value is -2.11. The van der Waals surface area contributed by atoms with Crippen molar-refractivity contribution in [1.29, 1.82) is 5.26 Å². The Balaban J connectivity index is 2.16. The van der Waals surface area contributed by atoms with Crippen LogP contribution < -0.4 is 10.6 Å². The van der Waals surface area contributed by atoms with Crippen molar-refractivity contribution in [2.24, 2.45) is 0 Å². The molecule has 8 heteroatoms. The van der Waals surface area contributed by atoms with E-state index in [9.17, 15) is 18.0 Å². The number of morpholine rings is 1. The normalized spacial score (nSPS) is 18.9. The van der Waals surface area contributed by atoms with Crippen LogP contribution >= 0.6 is 0 Å². The summed E-state index contributed by atoms with van der Waals surface area (Å²) in [5.74, 6) is -0.501. The number of amides is 1. The minimum atomic E-state index is -4.54. The molecule has 0 saturated carbocycles. The molecular formula is C13H12F3N3O2. The van der Waals surface area contributed by atoms with Crippen molar-refractivity contribution in [2.45, 2.75) is 12.3 Å². The molecule has 1 aromatic carbocycles. The molecule has 5 nitrogen and oxygen atoms in total. The Morgan fingerprint density at radius 2 is 2.24 bits per heavy atom. The lowest BCUT2D eigenvalue weighted by atomic mass is 10.1. The van der Waals surface area contributed by atoms with E-state index in [1.807, 2.05) is 0 Å². The van der Waals surface area contributed by atoms with Gasteiger partial charge in [0, 0.05) is 13.1 Å². The Bertz CT molecular complexity index is 575. The van der Waals surface area contributed by atoms with Gasteiger partial charge in [0.2, 0.25) is 0 Å². The monoisotopic (exact) mass is 299 g/mol. The Kier molecular flexibility index (Phi) is 4.45. The van der Waals surface area contributed by atoms with E-state index in [0.717, 1.165) is 12.1 Å². The van der Waals surface area contributed by atoms with Crippen molar-refractivity contribution in [2.75, 3.05) is 25.0 Å². The van der Waals surface area contributed by atoms with Gasteiger partial charge in [0.05, 0.1) is 23.4 Å². The zero-order valence-corrected chi connectivity index (χ0v) is 10.8. The number of halogens is 3. The molecule has 1 unspecified atom stereocenters. The van der Waals surface area contributed by atoms with Gasteiger partial charge in [0.1, 0.15) is 12.2 Å². The third-order valence-corrected chi connectivity index (χ3v) is 2.95. The topological polar surface area (TPSA) is 74.2 Å². The summed E-state index contributed by atoms with van der Waals surface area (Å²) >= 11 is 0. The zero-order valence-electron chi connectivity index (χ0n) is 10.8. The van der Waals surface area contributed by atoms with Crippen LogP contribution in [0.25, 0.3) is 0 Å². The molecule has 2 N–H and O–H groups in total. The summed E-state index contributed by atoms with van der Waals surface area (Å²) in [5, 5.41) is 14.3. The smallest absolute Gasteiger partial charge is 0.366 e. The molecule has 112 valence electrons. The van der Waals surface area contributed by atoms with Gasteiger partial charge in [-0.25, -0.2) is 0 Å². The first-order valence-electron chi connectivity index (χ1n) is 6.16. The molecule has 0 aromatic heterocycles. The summed E-state index contributed by atoms with van der Waals surface area (Å²) in [7, 11) is 0. The van der Waals surface area contributed by atoms with E-state index in [1.165, 1.54) is 0 Å². The number of rotatable bonds is 2. The van der Waals surface area contributed by atoms with Crippen LogP contribution in [0, 0.1) is 11.3 Å². The van der Waals surface area contributed by atoms with Crippen LogP contribution in [0.3, 0.4) is 0 Å². The van der Waals surface area contributed by atoms with E-state index in [-0.39, 0.29) is 11.3 Å². The molecular weight excluding hydrogens is 287 g/mol. The van der Waals surface area contributed by atoms with Gasteiger partial charge in [0.15, 0.2) is 0 Å². The lowest BCUT2D eigenvalue weighted by Crippen LogP contribution is -2.45. The third-order valence-electron chi connectivity index (χ3n) is 2.95. The Labute approximate surface area is 118 Å². The van der Waals surface area contributed by atoms with Crippen molar-refractivity contribution in [3.05, 3.63) is 29.3 Å². The van der Waals surface area contributed by atoms with E-state index in [1.54, 1.807) is 6.07 Å². The summed E-state index contributed by atoms with van der Waals surface area (Å²) in [4.78, 5) is 11.9. The second-order valence-electron chi connectivity index (χ2n) is 4.42. The standard InChI is InChI=1S/C13H12F3N3O2/c14-13(15,16)9-1-2-10(8(5-9)6-17)19-12(20)11-7-18-3-4-21-11/h1-2,5,11,18H,3-4,7H2,(H,19,20). The fraction of sp³-hybridized carbons (Fsp3) is 0.385. The highest BCUT2D eigenvalue weighted by Gasteiger charge is 2.31. The molecule has 1 amide bonds. The first-order chi connectivity index (χ1) is 9.91. The second kappa shape index (κ2) is 6.11. The van der Waals surface area contributed by atoms with Gasteiger partial charge < -0.3 is 15.4 Å². The fourth-order valence-corrected chi connectivity index (χ4v) is 1.87. The van der Waals surface area contributed by atoms with Gasteiger partial charge in [0.25, 0.3) is 5.91 Å². The Morgan fingerprint density at radius 1 is 1.48 bits per heavy atom. The minimum Gasteiger partial charge on any atom is -0.366 e. The first kappa shape index (κ1) is 15.3. The average Bonchev–Trinajstić information content (AvgIpc) is 2.47. The summed E-state index contributed by atoms with van der Waals surface area (Å²) in [6, 6.07) is 4.23. The molecule has 0 spiro atoms. The first-order valence-corrected chi connectivity index (χ1v) is 6.16. The van der Waals surface area contributed by atoms with Crippen molar-refractivity contribution in [1.82, 2.24) is 5.32 Å². The molecule has 1 heterocycles. The number of nitriles is 1. The number of nitrogens with one attached hydrogen (secondary N) is 2. The van der Waals surface area contributed by atoms with Crippen molar-refractivity contribution < 1.29 is 22.7 Å². The van der Waals surface area contributed by atoms with Crippen LogP contribution in [0.1, 0.15) is 11.1 Å². The van der Waals surface area contributed by atoms with Gasteiger partial charge in [-0.15, -0.1) is 0 Å². The minimum absolute atomic E-state index is 0.0321. The van der Waals surface area contributed by atoms with E-state index in [2.05, 4.69) is 10.6 Å². The molecule has 0 radical (unpaired) electrons. The lowest BCUT2D eigenvalue weighted by molar-refractivity contribution is -0.137. The molecule has 1 aliphatic heterocycles. The number of hydrogen-bond donors (Lipinski definition) is 2. The number of alkyl halides is 3. The molecule has 0 aliphatic carbocycles. The summed E-state index contributed by atoms with van der Waals surface area (Å²) in [6.07, 6.45) is -5.27. The number of carbonyl (C=O) groups excluding carboxylic acids is 1. The van der Waals surface area contributed by atoms with Gasteiger partial charge in [-0.1, -0.05) is 0 Å². The maximum atomic E-state index is 12.6. The summed E-state index contributed by atoms with van der Waals surface area (Å²) < 4.78 is 42.9. The summed E-state index contributed by atoms with van der Waals surface area (Å²) in [5.41, 5.74) is -1.15. The van der Waals surface area contributed by atoms with E-state index in [0.29, 0.717) is 25.8 Å². The second-order valence-corrected chi connectivity index (χ2v) is 4.42. The highest BCUT2D eigenvalue weighted by atomic mass is 19.4. The molecule has 2 rings (SSSR count). The van der Waals surface area contributed by atoms with Crippen molar-refractivity contribution >= 4 is 11.6 Å². The Morgan fingerprint density at radius 3 is 2.81 bits per heavy atom. The molecule has 1 saturated heterocycles. The van der Waals surface area contributed by atoms with Crippen LogP contribution in [0.5, 0.6) is 0 Å². The van der Waals surface area contributed by atoms with Crippen LogP contribution in [0.15, 0.2) is 18.2 Å².